The number of nitrogens with one attached hydrogen (secondary N) is 1. The van der Waals surface area contributed by atoms with Crippen LogP contribution in [0.3, 0.4) is 0 Å². The smallest absolute Gasteiger partial charge is 0.266 e. The van der Waals surface area contributed by atoms with Gasteiger partial charge >= 0.3 is 0 Å². The van der Waals surface area contributed by atoms with Gasteiger partial charge < -0.3 is 9.88 Å². The standard InChI is InChI=1S/C22H20N4O2/c1-14-6-2-3-7-15(14)11-23-26-13-21(27)25-12-19-17(10-20(25)22(26)28)16-8-4-5-9-18(16)24-19/h2-9,11,20,24H,10,12-13H2,1H3. The molecule has 3 aromatic rings. The quantitative estimate of drug-likeness (QED) is 0.703. The van der Waals surface area contributed by atoms with E-state index in [1.54, 1.807) is 11.1 Å². The number of carbonyl (C=O) groups excluding carboxylic acids is 2. The van der Waals surface area contributed by atoms with E-state index in [1.807, 2.05) is 49.4 Å². The van der Waals surface area contributed by atoms with Crippen molar-refractivity contribution in [2.45, 2.75) is 25.9 Å². The molecule has 1 saturated heterocycles. The van der Waals surface area contributed by atoms with E-state index in [0.29, 0.717) is 13.0 Å². The van der Waals surface area contributed by atoms with Gasteiger partial charge in [0.25, 0.3) is 5.91 Å². The van der Waals surface area contributed by atoms with Gasteiger partial charge in [0.15, 0.2) is 0 Å². The van der Waals surface area contributed by atoms with E-state index in [4.69, 9.17) is 0 Å². The van der Waals surface area contributed by atoms with Crippen molar-refractivity contribution in [3.63, 3.8) is 0 Å². The first-order chi connectivity index (χ1) is 13.6. The summed E-state index contributed by atoms with van der Waals surface area (Å²) in [5.41, 5.74) is 5.21. The molecule has 1 N–H and O–H groups in total. The Morgan fingerprint density at radius 1 is 1.07 bits per heavy atom. The second-order valence-corrected chi connectivity index (χ2v) is 7.37. The van der Waals surface area contributed by atoms with Crippen LogP contribution in [0.1, 0.15) is 22.4 Å². The minimum Gasteiger partial charge on any atom is -0.357 e. The normalized spacial score (nSPS) is 19.4. The first-order valence-electron chi connectivity index (χ1n) is 9.41. The summed E-state index contributed by atoms with van der Waals surface area (Å²) >= 11 is 0. The molecule has 140 valence electrons. The highest BCUT2D eigenvalue weighted by Crippen LogP contribution is 2.32. The molecule has 2 aliphatic rings. The molecule has 0 aliphatic carbocycles. The number of fused-ring (bicyclic) bond motifs is 4. The molecule has 1 atom stereocenters. The van der Waals surface area contributed by atoms with Gasteiger partial charge in [0.05, 0.1) is 12.8 Å². The van der Waals surface area contributed by atoms with Crippen LogP contribution in [0.2, 0.25) is 0 Å². The first-order valence-corrected chi connectivity index (χ1v) is 9.41. The second-order valence-electron chi connectivity index (χ2n) is 7.37. The lowest BCUT2D eigenvalue weighted by atomic mass is 9.94. The maximum atomic E-state index is 13.1. The minimum atomic E-state index is -0.498. The molecule has 2 aliphatic heterocycles. The summed E-state index contributed by atoms with van der Waals surface area (Å²) < 4.78 is 0. The Hall–Kier alpha value is -3.41. The topological polar surface area (TPSA) is 68.8 Å². The Labute approximate surface area is 162 Å². The molecule has 6 heteroatoms. The second kappa shape index (κ2) is 6.34. The van der Waals surface area contributed by atoms with E-state index in [-0.39, 0.29) is 18.4 Å². The third-order valence-electron chi connectivity index (χ3n) is 5.67. The summed E-state index contributed by atoms with van der Waals surface area (Å²) in [6.07, 6.45) is 2.18. The van der Waals surface area contributed by atoms with Crippen LogP contribution < -0.4 is 0 Å². The highest BCUT2D eigenvalue weighted by molar-refractivity contribution is 5.97. The van der Waals surface area contributed by atoms with Crippen LogP contribution in [0, 0.1) is 6.92 Å². The lowest BCUT2D eigenvalue weighted by Crippen LogP contribution is -2.60. The van der Waals surface area contributed by atoms with E-state index in [1.165, 1.54) is 5.01 Å². The van der Waals surface area contributed by atoms with Crippen molar-refractivity contribution in [1.82, 2.24) is 14.9 Å². The van der Waals surface area contributed by atoms with E-state index in [2.05, 4.69) is 16.2 Å². The molecule has 2 aromatic carbocycles. The van der Waals surface area contributed by atoms with Crippen molar-refractivity contribution in [2.24, 2.45) is 5.10 Å². The van der Waals surface area contributed by atoms with Crippen LogP contribution in [-0.4, -0.2) is 45.5 Å². The maximum Gasteiger partial charge on any atom is 0.266 e. The molecule has 28 heavy (non-hydrogen) atoms. The zero-order chi connectivity index (χ0) is 19.3. The Morgan fingerprint density at radius 2 is 1.86 bits per heavy atom. The van der Waals surface area contributed by atoms with Crippen molar-refractivity contribution in [2.75, 3.05) is 6.54 Å². The van der Waals surface area contributed by atoms with Crippen LogP contribution in [0.15, 0.2) is 53.6 Å². The lowest BCUT2D eigenvalue weighted by Gasteiger charge is -2.40. The molecular formula is C22H20N4O2. The maximum absolute atomic E-state index is 13.1. The predicted molar refractivity (Wildman–Crippen MR) is 107 cm³/mol. The SMILES string of the molecule is Cc1ccccc1C=NN1CC(=O)N2Cc3[nH]c4ccccc4c3CC2C1=O. The summed E-state index contributed by atoms with van der Waals surface area (Å²) in [6, 6.07) is 15.4. The number of para-hydroxylation sites is 1. The number of H-pyrrole nitrogens is 1. The Bertz CT molecular complexity index is 1130. The number of piperazine rings is 1. The van der Waals surface area contributed by atoms with Crippen molar-refractivity contribution < 1.29 is 9.59 Å². The van der Waals surface area contributed by atoms with Crippen LogP contribution in [-0.2, 0) is 22.6 Å². The number of amides is 2. The van der Waals surface area contributed by atoms with E-state index in [0.717, 1.165) is 33.3 Å². The average molecular weight is 372 g/mol. The highest BCUT2D eigenvalue weighted by atomic mass is 16.2. The number of aromatic nitrogens is 1. The number of carbonyl (C=O) groups is 2. The van der Waals surface area contributed by atoms with Gasteiger partial charge in [-0.3, -0.25) is 9.59 Å². The van der Waals surface area contributed by atoms with Gasteiger partial charge in [-0.05, 0) is 29.7 Å². The summed E-state index contributed by atoms with van der Waals surface area (Å²) in [6.45, 7) is 2.41. The Morgan fingerprint density at radius 3 is 2.71 bits per heavy atom. The molecule has 6 nitrogen and oxygen atoms in total. The average Bonchev–Trinajstić information content (AvgIpc) is 3.07. The van der Waals surface area contributed by atoms with E-state index >= 15 is 0 Å². The summed E-state index contributed by atoms with van der Waals surface area (Å²) in [7, 11) is 0. The molecule has 1 aromatic heterocycles. The summed E-state index contributed by atoms with van der Waals surface area (Å²) in [4.78, 5) is 30.9. The van der Waals surface area contributed by atoms with Crippen LogP contribution in [0.25, 0.3) is 10.9 Å². The van der Waals surface area contributed by atoms with Crippen molar-refractivity contribution >= 4 is 28.9 Å². The predicted octanol–water partition coefficient (Wildman–Crippen LogP) is 2.61. The number of rotatable bonds is 2. The number of nitrogens with zero attached hydrogens (tertiary/aromatic N) is 3. The fraction of sp³-hybridized carbons (Fsp3) is 0.227. The van der Waals surface area contributed by atoms with Gasteiger partial charge in [0.1, 0.15) is 12.6 Å². The zero-order valence-corrected chi connectivity index (χ0v) is 15.6. The Balaban J connectivity index is 1.46. The zero-order valence-electron chi connectivity index (χ0n) is 15.6. The molecular weight excluding hydrogens is 352 g/mol. The number of aryl methyl sites for hydroxylation is 1. The number of hydrazone groups is 1. The molecule has 2 amide bonds. The minimum absolute atomic E-state index is 0.0206. The van der Waals surface area contributed by atoms with E-state index in [9.17, 15) is 9.59 Å². The van der Waals surface area contributed by atoms with Gasteiger partial charge in [-0.2, -0.15) is 5.10 Å². The number of hydrogen-bond acceptors (Lipinski definition) is 3. The van der Waals surface area contributed by atoms with Gasteiger partial charge in [0.2, 0.25) is 5.91 Å². The van der Waals surface area contributed by atoms with Crippen LogP contribution >= 0.6 is 0 Å². The van der Waals surface area contributed by atoms with Gasteiger partial charge in [-0.1, -0.05) is 42.5 Å². The molecule has 1 unspecified atom stereocenters. The van der Waals surface area contributed by atoms with Crippen molar-refractivity contribution in [1.29, 1.82) is 0 Å². The van der Waals surface area contributed by atoms with E-state index < -0.39 is 6.04 Å². The lowest BCUT2D eigenvalue weighted by molar-refractivity contribution is -0.157. The molecule has 0 saturated carbocycles. The fourth-order valence-corrected chi connectivity index (χ4v) is 4.12. The van der Waals surface area contributed by atoms with Crippen LogP contribution in [0.4, 0.5) is 0 Å². The van der Waals surface area contributed by atoms with Crippen LogP contribution in [0.5, 0.6) is 0 Å². The first kappa shape index (κ1) is 16.7. The van der Waals surface area contributed by atoms with Crippen molar-refractivity contribution in [3.8, 4) is 0 Å². The van der Waals surface area contributed by atoms with Gasteiger partial charge in [-0.25, -0.2) is 5.01 Å². The third-order valence-corrected chi connectivity index (χ3v) is 5.67. The summed E-state index contributed by atoms with van der Waals surface area (Å²) in [5, 5.41) is 6.78. The largest absolute Gasteiger partial charge is 0.357 e. The number of aromatic amines is 1. The molecule has 3 heterocycles. The molecule has 1 fully saturated rings. The monoisotopic (exact) mass is 372 g/mol. The molecule has 0 bridgehead atoms. The molecule has 5 rings (SSSR count). The summed E-state index contributed by atoms with van der Waals surface area (Å²) in [5.74, 6) is -0.198. The highest BCUT2D eigenvalue weighted by Gasteiger charge is 2.43. The molecule has 0 radical (unpaired) electrons. The number of benzene rings is 2. The van der Waals surface area contributed by atoms with Crippen molar-refractivity contribution in [3.05, 3.63) is 70.9 Å². The third kappa shape index (κ3) is 2.60. The Kier molecular flexibility index (Phi) is 3.79. The number of hydrogen-bond donors (Lipinski definition) is 1. The molecule has 0 spiro atoms. The fourth-order valence-electron chi connectivity index (χ4n) is 4.12. The van der Waals surface area contributed by atoms with Gasteiger partial charge in [0, 0.05) is 23.0 Å². The van der Waals surface area contributed by atoms with Gasteiger partial charge in [-0.15, -0.1) is 0 Å².